The molecule has 98 valence electrons. The molecule has 0 aliphatic heterocycles. The molecule has 1 heterocycles. The molecule has 20 heavy (non-hydrogen) atoms. The van der Waals surface area contributed by atoms with Gasteiger partial charge in [-0.1, -0.05) is 60.7 Å². The number of hydrogen-bond donors (Lipinski definition) is 1. The van der Waals surface area contributed by atoms with Crippen molar-refractivity contribution in [2.24, 2.45) is 0 Å². The monoisotopic (exact) mass is 264 g/mol. The van der Waals surface area contributed by atoms with Crippen LogP contribution in [0.25, 0.3) is 22.4 Å². The van der Waals surface area contributed by atoms with Crippen molar-refractivity contribution in [3.63, 3.8) is 0 Å². The number of H-pyrrole nitrogens is 1. The Kier molecular flexibility index (Phi) is 3.05. The van der Waals surface area contributed by atoms with Crippen molar-refractivity contribution in [1.82, 2.24) is 4.98 Å². The maximum absolute atomic E-state index is 11.2. The molecule has 0 radical (unpaired) electrons. The first-order chi connectivity index (χ1) is 9.77. The van der Waals surface area contributed by atoms with Gasteiger partial charge in [0, 0.05) is 0 Å². The van der Waals surface area contributed by atoms with Crippen LogP contribution < -0.4 is 0 Å². The molecule has 4 heteroatoms. The summed E-state index contributed by atoms with van der Waals surface area (Å²) in [5, 5.41) is 11.2. The van der Waals surface area contributed by atoms with Crippen LogP contribution in [0.1, 0.15) is 0 Å². The third kappa shape index (κ3) is 2.07. The summed E-state index contributed by atoms with van der Waals surface area (Å²) < 4.78 is 0. The molecule has 3 rings (SSSR count). The lowest BCUT2D eigenvalue weighted by atomic mass is 10.0. The second-order valence-corrected chi connectivity index (χ2v) is 4.41. The standard InChI is InChI=1S/C16H12N2O2/c19-18(20)14-11-17-16(13-9-5-2-6-10-13)15(14)12-7-3-1-4-8-12/h1-11,17H. The van der Waals surface area contributed by atoms with Crippen LogP contribution >= 0.6 is 0 Å². The number of nitro groups is 1. The van der Waals surface area contributed by atoms with E-state index < -0.39 is 0 Å². The molecule has 0 saturated carbocycles. The van der Waals surface area contributed by atoms with Crippen LogP contribution in [0.2, 0.25) is 0 Å². The van der Waals surface area contributed by atoms with E-state index in [9.17, 15) is 10.1 Å². The number of rotatable bonds is 3. The van der Waals surface area contributed by atoms with Crippen molar-refractivity contribution in [1.29, 1.82) is 0 Å². The largest absolute Gasteiger partial charge is 0.355 e. The Bertz CT molecular complexity index is 734. The fourth-order valence-corrected chi connectivity index (χ4v) is 2.29. The van der Waals surface area contributed by atoms with Gasteiger partial charge in [-0.2, -0.15) is 0 Å². The number of aromatic amines is 1. The topological polar surface area (TPSA) is 58.9 Å². The Morgan fingerprint density at radius 2 is 1.40 bits per heavy atom. The van der Waals surface area contributed by atoms with Crippen molar-refractivity contribution in [3.05, 3.63) is 77.0 Å². The van der Waals surface area contributed by atoms with Gasteiger partial charge in [0.2, 0.25) is 0 Å². The van der Waals surface area contributed by atoms with Gasteiger partial charge in [-0.3, -0.25) is 10.1 Å². The summed E-state index contributed by atoms with van der Waals surface area (Å²) in [6.07, 6.45) is 1.45. The van der Waals surface area contributed by atoms with E-state index >= 15 is 0 Å². The van der Waals surface area contributed by atoms with Gasteiger partial charge >= 0.3 is 0 Å². The number of hydrogen-bond acceptors (Lipinski definition) is 2. The molecule has 0 aliphatic carbocycles. The highest BCUT2D eigenvalue weighted by atomic mass is 16.6. The molecule has 1 aromatic heterocycles. The van der Waals surface area contributed by atoms with Crippen LogP contribution in [0.3, 0.4) is 0 Å². The average Bonchev–Trinajstić information content (AvgIpc) is 2.94. The number of aromatic nitrogens is 1. The van der Waals surface area contributed by atoms with E-state index in [0.717, 1.165) is 16.8 Å². The number of benzene rings is 2. The van der Waals surface area contributed by atoms with Crippen LogP contribution in [-0.4, -0.2) is 9.91 Å². The normalized spacial score (nSPS) is 10.4. The van der Waals surface area contributed by atoms with E-state index in [4.69, 9.17) is 0 Å². The first-order valence-electron chi connectivity index (χ1n) is 6.24. The summed E-state index contributed by atoms with van der Waals surface area (Å²) in [6.45, 7) is 0. The van der Waals surface area contributed by atoms with Crippen molar-refractivity contribution in [2.75, 3.05) is 0 Å². The van der Waals surface area contributed by atoms with Gasteiger partial charge in [0.1, 0.15) is 0 Å². The molecular formula is C16H12N2O2. The fourth-order valence-electron chi connectivity index (χ4n) is 2.29. The predicted octanol–water partition coefficient (Wildman–Crippen LogP) is 4.26. The predicted molar refractivity (Wildman–Crippen MR) is 78.3 cm³/mol. The average molecular weight is 264 g/mol. The first kappa shape index (κ1) is 12.2. The molecular weight excluding hydrogens is 252 g/mol. The highest BCUT2D eigenvalue weighted by Gasteiger charge is 2.22. The lowest BCUT2D eigenvalue weighted by molar-refractivity contribution is -0.384. The number of nitrogens with one attached hydrogen (secondary N) is 1. The van der Waals surface area contributed by atoms with Crippen molar-refractivity contribution in [2.45, 2.75) is 0 Å². The van der Waals surface area contributed by atoms with E-state index in [-0.39, 0.29) is 10.6 Å². The fraction of sp³-hybridized carbons (Fsp3) is 0. The summed E-state index contributed by atoms with van der Waals surface area (Å²) in [5.41, 5.74) is 3.25. The van der Waals surface area contributed by atoms with Crippen LogP contribution in [0.5, 0.6) is 0 Å². The Morgan fingerprint density at radius 3 is 1.95 bits per heavy atom. The zero-order valence-corrected chi connectivity index (χ0v) is 10.6. The lowest BCUT2D eigenvalue weighted by Crippen LogP contribution is -1.89. The number of nitrogens with zero attached hydrogens (tertiary/aromatic N) is 1. The minimum atomic E-state index is -0.356. The van der Waals surface area contributed by atoms with E-state index in [1.54, 1.807) is 0 Å². The van der Waals surface area contributed by atoms with E-state index in [1.807, 2.05) is 60.7 Å². The molecule has 0 atom stereocenters. The van der Waals surface area contributed by atoms with Gasteiger partial charge in [0.05, 0.1) is 22.4 Å². The van der Waals surface area contributed by atoms with Crippen molar-refractivity contribution >= 4 is 5.69 Å². The maximum Gasteiger partial charge on any atom is 0.295 e. The maximum atomic E-state index is 11.2. The van der Waals surface area contributed by atoms with Gasteiger partial charge < -0.3 is 4.98 Å². The molecule has 0 amide bonds. The molecule has 0 unspecified atom stereocenters. The Hall–Kier alpha value is -2.88. The zero-order valence-electron chi connectivity index (χ0n) is 10.6. The molecule has 0 saturated heterocycles. The molecule has 0 fully saturated rings. The molecule has 1 N–H and O–H groups in total. The highest BCUT2D eigenvalue weighted by Crippen LogP contribution is 2.38. The first-order valence-corrected chi connectivity index (χ1v) is 6.24. The molecule has 4 nitrogen and oxygen atoms in total. The summed E-state index contributed by atoms with van der Waals surface area (Å²) >= 11 is 0. The molecule has 3 aromatic rings. The van der Waals surface area contributed by atoms with Gasteiger partial charge in [0.25, 0.3) is 5.69 Å². The molecule has 0 spiro atoms. The van der Waals surface area contributed by atoms with Crippen molar-refractivity contribution < 1.29 is 4.92 Å². The van der Waals surface area contributed by atoms with Crippen LogP contribution in [0.4, 0.5) is 5.69 Å². The van der Waals surface area contributed by atoms with Gasteiger partial charge in [-0.25, -0.2) is 0 Å². The van der Waals surface area contributed by atoms with E-state index in [2.05, 4.69) is 4.98 Å². The Morgan fingerprint density at radius 1 is 0.850 bits per heavy atom. The second-order valence-electron chi connectivity index (χ2n) is 4.41. The zero-order chi connectivity index (χ0) is 13.9. The minimum Gasteiger partial charge on any atom is -0.355 e. The molecule has 0 bridgehead atoms. The minimum absolute atomic E-state index is 0.0926. The van der Waals surface area contributed by atoms with Crippen molar-refractivity contribution in [3.8, 4) is 22.4 Å². The van der Waals surface area contributed by atoms with Crippen LogP contribution in [0, 0.1) is 10.1 Å². The quantitative estimate of drug-likeness (QED) is 0.567. The summed E-state index contributed by atoms with van der Waals surface area (Å²) in [5.74, 6) is 0. The smallest absolute Gasteiger partial charge is 0.295 e. The molecule has 0 aliphatic rings. The summed E-state index contributed by atoms with van der Waals surface area (Å²) in [4.78, 5) is 13.9. The Balaban J connectivity index is 2.25. The third-order valence-electron chi connectivity index (χ3n) is 3.18. The highest BCUT2D eigenvalue weighted by molar-refractivity contribution is 5.87. The summed E-state index contributed by atoms with van der Waals surface area (Å²) in [7, 11) is 0. The van der Waals surface area contributed by atoms with Crippen LogP contribution in [0.15, 0.2) is 66.9 Å². The van der Waals surface area contributed by atoms with E-state index in [1.165, 1.54) is 6.20 Å². The third-order valence-corrected chi connectivity index (χ3v) is 3.18. The van der Waals surface area contributed by atoms with E-state index in [0.29, 0.717) is 5.56 Å². The summed E-state index contributed by atoms with van der Waals surface area (Å²) in [6, 6.07) is 19.0. The SMILES string of the molecule is O=[N+]([O-])c1c[nH]c(-c2ccccc2)c1-c1ccccc1. The Labute approximate surface area is 115 Å². The van der Waals surface area contributed by atoms with Gasteiger partial charge in [-0.15, -0.1) is 0 Å². The second kappa shape index (κ2) is 5.01. The lowest BCUT2D eigenvalue weighted by Gasteiger charge is -2.04. The van der Waals surface area contributed by atoms with Gasteiger partial charge in [-0.05, 0) is 11.1 Å². The molecule has 2 aromatic carbocycles. The van der Waals surface area contributed by atoms with Gasteiger partial charge in [0.15, 0.2) is 0 Å². The van der Waals surface area contributed by atoms with Crippen LogP contribution in [-0.2, 0) is 0 Å².